The third-order valence-electron chi connectivity index (χ3n) is 5.31. The molecule has 1 aromatic carbocycles. The number of aliphatic hydroxyl groups is 1. The summed E-state index contributed by atoms with van der Waals surface area (Å²) >= 11 is 0. The number of imidazole rings is 1. The van der Waals surface area contributed by atoms with Gasteiger partial charge in [-0.3, -0.25) is 0 Å². The van der Waals surface area contributed by atoms with Crippen LogP contribution in [0.2, 0.25) is 0 Å². The number of hydrogen-bond acceptors (Lipinski definition) is 4. The van der Waals surface area contributed by atoms with Crippen molar-refractivity contribution < 1.29 is 13.5 Å². The van der Waals surface area contributed by atoms with Gasteiger partial charge in [-0.05, 0) is 12.0 Å². The van der Waals surface area contributed by atoms with Crippen LogP contribution >= 0.6 is 0 Å². The molecular weight excluding hydrogens is 340 g/mol. The molecule has 8 heteroatoms. The molecule has 0 bridgehead atoms. The summed E-state index contributed by atoms with van der Waals surface area (Å²) in [4.78, 5) is 4.26. The molecule has 3 atom stereocenters. The Morgan fingerprint density at radius 1 is 1.28 bits per heavy atom. The number of aliphatic hydroxyl groups excluding tert-OH is 1. The van der Waals surface area contributed by atoms with Gasteiger partial charge < -0.3 is 9.67 Å². The van der Waals surface area contributed by atoms with Gasteiger partial charge in [0.2, 0.25) is 0 Å². The zero-order valence-electron chi connectivity index (χ0n) is 14.3. The van der Waals surface area contributed by atoms with Crippen LogP contribution in [0.4, 0.5) is 0 Å². The SMILES string of the molecule is CN(C)S(=O)(=O)N1CC[C@@H]([C@H]2c3ccccc3-c3cncn32)[C@H](O)C1. The summed E-state index contributed by atoms with van der Waals surface area (Å²) in [5.74, 6) is -0.0507. The van der Waals surface area contributed by atoms with Gasteiger partial charge in [0.15, 0.2) is 0 Å². The van der Waals surface area contributed by atoms with Crippen LogP contribution in [0.1, 0.15) is 18.0 Å². The maximum atomic E-state index is 12.3. The number of benzene rings is 1. The van der Waals surface area contributed by atoms with E-state index in [2.05, 4.69) is 21.7 Å². The van der Waals surface area contributed by atoms with E-state index in [1.54, 1.807) is 6.33 Å². The average molecular weight is 362 g/mol. The molecule has 0 unspecified atom stereocenters. The summed E-state index contributed by atoms with van der Waals surface area (Å²) in [6, 6.07) is 8.15. The summed E-state index contributed by atoms with van der Waals surface area (Å²) in [6.07, 6.45) is 3.52. The van der Waals surface area contributed by atoms with Crippen molar-refractivity contribution in [3.8, 4) is 11.3 Å². The minimum atomic E-state index is -3.50. The number of piperidine rings is 1. The third-order valence-corrected chi connectivity index (χ3v) is 7.22. The Balaban J connectivity index is 1.65. The van der Waals surface area contributed by atoms with Crippen LogP contribution in [-0.4, -0.2) is 65.0 Å². The van der Waals surface area contributed by atoms with Crippen LogP contribution in [0, 0.1) is 5.92 Å². The second kappa shape index (κ2) is 5.91. The molecule has 0 saturated carbocycles. The Kier molecular flexibility index (Phi) is 3.95. The first kappa shape index (κ1) is 16.7. The van der Waals surface area contributed by atoms with E-state index in [1.807, 2.05) is 18.3 Å². The Hall–Kier alpha value is -1.74. The van der Waals surface area contributed by atoms with Crippen LogP contribution in [0.15, 0.2) is 36.8 Å². The van der Waals surface area contributed by atoms with E-state index in [1.165, 1.54) is 28.3 Å². The van der Waals surface area contributed by atoms with Crippen LogP contribution < -0.4 is 0 Å². The fourth-order valence-electron chi connectivity index (χ4n) is 4.04. The van der Waals surface area contributed by atoms with E-state index in [4.69, 9.17) is 0 Å². The van der Waals surface area contributed by atoms with E-state index >= 15 is 0 Å². The predicted molar refractivity (Wildman–Crippen MR) is 94.1 cm³/mol. The van der Waals surface area contributed by atoms with Crippen LogP contribution in [0.3, 0.4) is 0 Å². The molecule has 1 N–H and O–H groups in total. The first-order chi connectivity index (χ1) is 11.9. The molecule has 0 spiro atoms. The molecule has 1 saturated heterocycles. The highest BCUT2D eigenvalue weighted by Crippen LogP contribution is 2.45. The molecule has 0 amide bonds. The van der Waals surface area contributed by atoms with Crippen molar-refractivity contribution >= 4 is 10.2 Å². The van der Waals surface area contributed by atoms with E-state index in [9.17, 15) is 13.5 Å². The van der Waals surface area contributed by atoms with E-state index in [-0.39, 0.29) is 18.5 Å². The summed E-state index contributed by atoms with van der Waals surface area (Å²) < 4.78 is 29.3. The fourth-order valence-corrected chi connectivity index (χ4v) is 5.18. The number of aromatic nitrogens is 2. The lowest BCUT2D eigenvalue weighted by molar-refractivity contribution is 0.0329. The van der Waals surface area contributed by atoms with Crippen molar-refractivity contribution in [2.75, 3.05) is 27.2 Å². The third kappa shape index (κ3) is 2.52. The van der Waals surface area contributed by atoms with Gasteiger partial charge in [-0.2, -0.15) is 17.0 Å². The maximum Gasteiger partial charge on any atom is 0.281 e. The van der Waals surface area contributed by atoms with E-state index < -0.39 is 16.3 Å². The van der Waals surface area contributed by atoms with Crippen molar-refractivity contribution in [3.63, 3.8) is 0 Å². The second-order valence-corrected chi connectivity index (χ2v) is 9.03. The van der Waals surface area contributed by atoms with E-state index in [0.29, 0.717) is 13.0 Å². The Labute approximate surface area is 147 Å². The molecule has 0 radical (unpaired) electrons. The smallest absolute Gasteiger partial charge is 0.281 e. The number of rotatable bonds is 3. The number of nitrogens with zero attached hydrogens (tertiary/aromatic N) is 4. The maximum absolute atomic E-state index is 12.3. The monoisotopic (exact) mass is 362 g/mol. The average Bonchev–Trinajstić information content (AvgIpc) is 3.16. The Bertz CT molecular complexity index is 893. The standard InChI is InChI=1S/C17H22N4O3S/c1-19(2)25(23,24)20-8-7-14(16(22)10-20)17-13-6-4-3-5-12(13)15-9-18-11-21(15)17/h3-6,9,11,14,16-17,22H,7-8,10H2,1-2H3/t14-,16-,17-/m1/s1. The molecule has 2 aliphatic heterocycles. The summed E-state index contributed by atoms with van der Waals surface area (Å²) in [5, 5.41) is 10.8. The van der Waals surface area contributed by atoms with E-state index in [0.717, 1.165) is 11.3 Å². The second-order valence-electron chi connectivity index (χ2n) is 6.89. The number of fused-ring (bicyclic) bond motifs is 3. The van der Waals surface area contributed by atoms with Gasteiger partial charge in [-0.1, -0.05) is 24.3 Å². The molecule has 25 heavy (non-hydrogen) atoms. The first-order valence-corrected chi connectivity index (χ1v) is 9.77. The minimum Gasteiger partial charge on any atom is -0.391 e. The van der Waals surface area contributed by atoms with Gasteiger partial charge in [-0.25, -0.2) is 4.98 Å². The van der Waals surface area contributed by atoms with Crippen molar-refractivity contribution in [2.45, 2.75) is 18.6 Å². The molecule has 1 aromatic heterocycles. The highest BCUT2D eigenvalue weighted by molar-refractivity contribution is 7.86. The largest absolute Gasteiger partial charge is 0.391 e. The lowest BCUT2D eigenvalue weighted by atomic mass is 9.84. The lowest BCUT2D eigenvalue weighted by Gasteiger charge is -2.39. The summed E-state index contributed by atoms with van der Waals surface area (Å²) in [6.45, 7) is 0.527. The van der Waals surface area contributed by atoms with Gasteiger partial charge in [0, 0.05) is 38.7 Å². The highest BCUT2D eigenvalue weighted by Gasteiger charge is 2.42. The summed E-state index contributed by atoms with van der Waals surface area (Å²) in [5.41, 5.74) is 3.37. The molecule has 3 heterocycles. The molecule has 134 valence electrons. The van der Waals surface area contributed by atoms with Crippen molar-refractivity contribution in [3.05, 3.63) is 42.4 Å². The van der Waals surface area contributed by atoms with Gasteiger partial charge in [0.25, 0.3) is 10.2 Å². The summed E-state index contributed by atoms with van der Waals surface area (Å²) in [7, 11) is -0.477. The fraction of sp³-hybridized carbons (Fsp3) is 0.471. The van der Waals surface area contributed by atoms with Gasteiger partial charge >= 0.3 is 0 Å². The number of hydrogen-bond donors (Lipinski definition) is 1. The van der Waals surface area contributed by atoms with Crippen molar-refractivity contribution in [1.82, 2.24) is 18.2 Å². The van der Waals surface area contributed by atoms with Gasteiger partial charge in [-0.15, -0.1) is 0 Å². The zero-order chi connectivity index (χ0) is 17.8. The number of β-amino-alcohol motifs (C(OH)–C–C–N with tert-alkyl or cyclic N) is 1. The quantitative estimate of drug-likeness (QED) is 0.881. The van der Waals surface area contributed by atoms with Gasteiger partial charge in [0.05, 0.1) is 30.4 Å². The van der Waals surface area contributed by atoms with Crippen molar-refractivity contribution in [1.29, 1.82) is 0 Å². The van der Waals surface area contributed by atoms with Crippen LogP contribution in [-0.2, 0) is 10.2 Å². The first-order valence-electron chi connectivity index (χ1n) is 8.38. The normalized spacial score (nSPS) is 26.6. The van der Waals surface area contributed by atoms with Crippen molar-refractivity contribution in [2.24, 2.45) is 5.92 Å². The molecule has 2 aromatic rings. The van der Waals surface area contributed by atoms with Crippen LogP contribution in [0.25, 0.3) is 11.3 Å². The molecule has 2 aliphatic rings. The molecule has 1 fully saturated rings. The topological polar surface area (TPSA) is 78.7 Å². The predicted octanol–water partition coefficient (Wildman–Crippen LogP) is 0.942. The molecule has 7 nitrogen and oxygen atoms in total. The zero-order valence-corrected chi connectivity index (χ0v) is 15.1. The highest BCUT2D eigenvalue weighted by atomic mass is 32.2. The molecule has 4 rings (SSSR count). The molecule has 0 aliphatic carbocycles. The molecular formula is C17H22N4O3S. The van der Waals surface area contributed by atoms with Crippen LogP contribution in [0.5, 0.6) is 0 Å². The minimum absolute atomic E-state index is 0.00656. The lowest BCUT2D eigenvalue weighted by Crippen LogP contribution is -2.51. The Morgan fingerprint density at radius 3 is 2.76 bits per heavy atom. The Morgan fingerprint density at radius 2 is 2.04 bits per heavy atom. The van der Waals surface area contributed by atoms with Gasteiger partial charge in [0.1, 0.15) is 0 Å².